The van der Waals surface area contributed by atoms with Crippen molar-refractivity contribution in [2.24, 2.45) is 0 Å². The van der Waals surface area contributed by atoms with Gasteiger partial charge < -0.3 is 14.7 Å². The van der Waals surface area contributed by atoms with Crippen LogP contribution in [0, 0.1) is 11.3 Å². The third-order valence-corrected chi connectivity index (χ3v) is 6.58. The second-order valence-electron chi connectivity index (χ2n) is 8.15. The number of thiocarbonyl (C=S) groups is 1. The Morgan fingerprint density at radius 2 is 1.80 bits per heavy atom. The fourth-order valence-electron chi connectivity index (χ4n) is 4.40. The first-order chi connectivity index (χ1) is 16.7. The number of nitrogens with zero attached hydrogens (tertiary/aromatic N) is 6. The maximum Gasteiger partial charge on any atom is 0.419 e. The normalized spacial score (nSPS) is 18.9. The number of anilines is 2. The van der Waals surface area contributed by atoms with Crippen LogP contribution < -0.4 is 14.5 Å². The number of alkyl halides is 3. The van der Waals surface area contributed by atoms with Crippen LogP contribution in [0.3, 0.4) is 0 Å². The summed E-state index contributed by atoms with van der Waals surface area (Å²) in [6.07, 6.45) is 0.259. The highest BCUT2D eigenvalue weighted by atomic mass is 32.1. The molecule has 178 valence electrons. The number of rotatable bonds is 4. The van der Waals surface area contributed by atoms with Crippen LogP contribution in [0.2, 0.25) is 0 Å². The van der Waals surface area contributed by atoms with Gasteiger partial charge in [-0.25, -0.2) is 15.0 Å². The molecular weight excluding hydrogens is 481 g/mol. The van der Waals surface area contributed by atoms with Gasteiger partial charge in [-0.1, -0.05) is 0 Å². The smallest absolute Gasteiger partial charge is 0.419 e. The van der Waals surface area contributed by atoms with E-state index in [1.54, 1.807) is 47.6 Å². The van der Waals surface area contributed by atoms with Gasteiger partial charge in [-0.05, 0) is 67.9 Å². The third-order valence-electron chi connectivity index (χ3n) is 6.20. The predicted molar refractivity (Wildman–Crippen MR) is 123 cm³/mol. The summed E-state index contributed by atoms with van der Waals surface area (Å²) in [5, 5.41) is 20.5. The molecule has 1 saturated heterocycles. The van der Waals surface area contributed by atoms with E-state index in [1.807, 2.05) is 0 Å². The first kappa shape index (κ1) is 22.9. The van der Waals surface area contributed by atoms with E-state index in [0.29, 0.717) is 24.3 Å². The van der Waals surface area contributed by atoms with Crippen molar-refractivity contribution >= 4 is 28.7 Å². The summed E-state index contributed by atoms with van der Waals surface area (Å²) in [6, 6.07) is 11.0. The molecule has 1 aliphatic heterocycles. The van der Waals surface area contributed by atoms with Crippen molar-refractivity contribution in [3.05, 3.63) is 66.2 Å². The molecular formula is C23H17F3N6O2S. The van der Waals surface area contributed by atoms with E-state index in [1.165, 1.54) is 11.0 Å². The molecule has 1 N–H and O–H groups in total. The maximum atomic E-state index is 13.5. The molecule has 0 radical (unpaired) electrons. The van der Waals surface area contributed by atoms with Crippen LogP contribution in [0.15, 0.2) is 55.0 Å². The summed E-state index contributed by atoms with van der Waals surface area (Å²) in [4.78, 5) is 14.7. The Labute approximate surface area is 203 Å². The van der Waals surface area contributed by atoms with Gasteiger partial charge in [0.1, 0.15) is 11.8 Å². The highest BCUT2D eigenvalue weighted by Crippen LogP contribution is 2.50. The monoisotopic (exact) mass is 498 g/mol. The molecule has 0 bridgehead atoms. The zero-order valence-electron chi connectivity index (χ0n) is 18.0. The SMILES string of the molecule is N#Cc1ncc(N2C(=S)N(c3ccc(Oc4ncccn4)cc3)C3(CCC3)C2O)cc1C(F)(F)F. The lowest BCUT2D eigenvalue weighted by atomic mass is 9.74. The summed E-state index contributed by atoms with van der Waals surface area (Å²) in [6.45, 7) is 0. The van der Waals surface area contributed by atoms with E-state index in [9.17, 15) is 18.3 Å². The number of aromatic nitrogens is 3. The molecule has 1 aliphatic carbocycles. The van der Waals surface area contributed by atoms with Gasteiger partial charge in [-0.15, -0.1) is 0 Å². The molecule has 2 fully saturated rings. The Morgan fingerprint density at radius 1 is 1.11 bits per heavy atom. The minimum absolute atomic E-state index is 0.0382. The van der Waals surface area contributed by atoms with Crippen LogP contribution in [0.1, 0.15) is 30.5 Å². The largest absolute Gasteiger partial charge is 0.424 e. The second-order valence-corrected chi connectivity index (χ2v) is 8.51. The second kappa shape index (κ2) is 8.44. The minimum atomic E-state index is -4.79. The van der Waals surface area contributed by atoms with Crippen molar-refractivity contribution in [3.63, 3.8) is 0 Å². The van der Waals surface area contributed by atoms with E-state index in [-0.39, 0.29) is 16.8 Å². The van der Waals surface area contributed by atoms with E-state index >= 15 is 0 Å². The van der Waals surface area contributed by atoms with E-state index < -0.39 is 29.2 Å². The molecule has 35 heavy (non-hydrogen) atoms. The highest BCUT2D eigenvalue weighted by molar-refractivity contribution is 7.80. The third kappa shape index (κ3) is 3.82. The van der Waals surface area contributed by atoms with Crippen LogP contribution in [0.25, 0.3) is 0 Å². The van der Waals surface area contributed by atoms with Gasteiger partial charge in [0, 0.05) is 18.1 Å². The molecule has 1 spiro atoms. The summed E-state index contributed by atoms with van der Waals surface area (Å²) in [7, 11) is 0. The molecule has 5 rings (SSSR count). The van der Waals surface area contributed by atoms with Crippen molar-refractivity contribution in [1.29, 1.82) is 5.26 Å². The molecule has 3 aromatic rings. The fraction of sp³-hybridized carbons (Fsp3) is 0.261. The number of aliphatic hydroxyl groups excluding tert-OH is 1. The van der Waals surface area contributed by atoms with E-state index in [4.69, 9.17) is 22.2 Å². The average Bonchev–Trinajstić information content (AvgIpc) is 3.06. The molecule has 3 heterocycles. The summed E-state index contributed by atoms with van der Waals surface area (Å²) < 4.78 is 46.2. The Bertz CT molecular complexity index is 1310. The summed E-state index contributed by atoms with van der Waals surface area (Å²) in [5.41, 5.74) is -2.11. The number of pyridine rings is 1. The summed E-state index contributed by atoms with van der Waals surface area (Å²) in [5.74, 6) is 0.483. The average molecular weight is 498 g/mol. The van der Waals surface area contributed by atoms with Crippen LogP contribution in [-0.2, 0) is 6.18 Å². The Balaban J connectivity index is 1.49. The molecule has 0 amide bonds. The van der Waals surface area contributed by atoms with Crippen LogP contribution in [0.4, 0.5) is 24.5 Å². The van der Waals surface area contributed by atoms with Gasteiger partial charge in [0.05, 0.1) is 23.0 Å². The van der Waals surface area contributed by atoms with Gasteiger partial charge in [0.15, 0.2) is 17.0 Å². The molecule has 12 heteroatoms. The topological polar surface area (TPSA) is 98.4 Å². The van der Waals surface area contributed by atoms with Gasteiger partial charge in [-0.2, -0.15) is 18.4 Å². The van der Waals surface area contributed by atoms with Crippen LogP contribution >= 0.6 is 12.2 Å². The number of hydrogen-bond donors (Lipinski definition) is 1. The van der Waals surface area contributed by atoms with Crippen LogP contribution in [0.5, 0.6) is 11.8 Å². The minimum Gasteiger partial charge on any atom is -0.424 e. The first-order valence-electron chi connectivity index (χ1n) is 10.6. The molecule has 1 aromatic carbocycles. The number of aliphatic hydroxyl groups is 1. The van der Waals surface area contributed by atoms with Crippen molar-refractivity contribution in [3.8, 4) is 17.8 Å². The predicted octanol–water partition coefficient (Wildman–Crippen LogP) is 4.41. The summed E-state index contributed by atoms with van der Waals surface area (Å²) >= 11 is 5.65. The van der Waals surface area contributed by atoms with E-state index in [0.717, 1.165) is 18.7 Å². The Hall–Kier alpha value is -3.82. The molecule has 2 aromatic heterocycles. The van der Waals surface area contributed by atoms with E-state index in [2.05, 4.69) is 15.0 Å². The molecule has 8 nitrogen and oxygen atoms in total. The fourth-order valence-corrected chi connectivity index (χ4v) is 4.89. The lowest BCUT2D eigenvalue weighted by Crippen LogP contribution is -2.57. The number of hydrogen-bond acceptors (Lipinski definition) is 7. The number of ether oxygens (including phenoxy) is 1. The van der Waals surface area contributed by atoms with Gasteiger partial charge in [0.2, 0.25) is 0 Å². The first-order valence-corrected chi connectivity index (χ1v) is 11.0. The molecule has 1 unspecified atom stereocenters. The van der Waals surface area contributed by atoms with Crippen molar-refractivity contribution in [1.82, 2.24) is 15.0 Å². The van der Waals surface area contributed by atoms with Crippen molar-refractivity contribution in [2.45, 2.75) is 37.2 Å². The molecule has 1 saturated carbocycles. The molecule has 2 aliphatic rings. The van der Waals surface area contributed by atoms with Crippen LogP contribution in [-0.4, -0.2) is 36.9 Å². The zero-order valence-corrected chi connectivity index (χ0v) is 18.8. The van der Waals surface area contributed by atoms with Gasteiger partial charge in [0.25, 0.3) is 0 Å². The maximum absolute atomic E-state index is 13.5. The van der Waals surface area contributed by atoms with Crippen molar-refractivity contribution in [2.75, 3.05) is 9.80 Å². The lowest BCUT2D eigenvalue weighted by Gasteiger charge is -2.46. The van der Waals surface area contributed by atoms with Gasteiger partial charge >= 0.3 is 12.2 Å². The standard InChI is InChI=1S/C23H17F3N6O2S/c24-23(25,26)17-11-15(13-30-18(17)12-27)31-19(33)22(7-1-8-22)32(21(31)35)14-3-5-16(6-4-14)34-20-28-9-2-10-29-20/h2-6,9-11,13,19,33H,1,7-8H2. The number of halogens is 3. The zero-order chi connectivity index (χ0) is 24.8. The number of benzene rings is 1. The quantitative estimate of drug-likeness (QED) is 0.525. The lowest BCUT2D eigenvalue weighted by molar-refractivity contribution is -0.138. The highest BCUT2D eigenvalue weighted by Gasteiger charge is 2.59. The Kier molecular flexibility index (Phi) is 5.53. The Morgan fingerprint density at radius 3 is 2.37 bits per heavy atom. The van der Waals surface area contributed by atoms with Gasteiger partial charge in [-0.3, -0.25) is 4.90 Å². The molecule has 1 atom stereocenters. The van der Waals surface area contributed by atoms with Crippen molar-refractivity contribution < 1.29 is 23.0 Å². The number of nitriles is 1.